The van der Waals surface area contributed by atoms with Crippen molar-refractivity contribution in [2.24, 2.45) is 11.8 Å². The van der Waals surface area contributed by atoms with Gasteiger partial charge in [0, 0.05) is 11.5 Å². The Labute approximate surface area is 125 Å². The first-order chi connectivity index (χ1) is 10.0. The zero-order chi connectivity index (χ0) is 14.8. The highest BCUT2D eigenvalue weighted by Crippen LogP contribution is 2.63. The molecule has 0 bridgehead atoms. The van der Waals surface area contributed by atoms with Crippen LogP contribution in [0.5, 0.6) is 0 Å². The Balaban J connectivity index is 1.68. The summed E-state index contributed by atoms with van der Waals surface area (Å²) in [7, 11) is -2.91. The summed E-state index contributed by atoms with van der Waals surface area (Å²) in [4.78, 5) is 0. The van der Waals surface area contributed by atoms with Crippen molar-refractivity contribution in [2.45, 2.75) is 51.0 Å². The Morgan fingerprint density at radius 1 is 1.29 bits per heavy atom. The molecule has 0 radical (unpaired) electrons. The molecule has 1 aromatic heterocycles. The van der Waals surface area contributed by atoms with Crippen LogP contribution in [0.25, 0.3) is 0 Å². The van der Waals surface area contributed by atoms with Crippen molar-refractivity contribution < 1.29 is 8.42 Å². The van der Waals surface area contributed by atoms with Crippen molar-refractivity contribution in [3.05, 3.63) is 11.3 Å². The number of nitrogens with zero attached hydrogens (tertiary/aromatic N) is 2. The maximum absolute atomic E-state index is 11.7. The number of nitrogen functional groups attached to an aromatic ring is 1. The molecule has 6 heteroatoms. The van der Waals surface area contributed by atoms with E-state index in [1.54, 1.807) is 0 Å². The molecular formula is C15H23N3O2S. The quantitative estimate of drug-likeness (QED) is 0.925. The Morgan fingerprint density at radius 3 is 2.57 bits per heavy atom. The summed E-state index contributed by atoms with van der Waals surface area (Å²) in [5, 5.41) is 4.80. The largest absolute Gasteiger partial charge is 0.384 e. The van der Waals surface area contributed by atoms with Gasteiger partial charge in [-0.2, -0.15) is 5.10 Å². The number of nitrogens with two attached hydrogens (primary N) is 1. The van der Waals surface area contributed by atoms with Gasteiger partial charge in [0.25, 0.3) is 0 Å². The predicted molar refractivity (Wildman–Crippen MR) is 81.9 cm³/mol. The van der Waals surface area contributed by atoms with E-state index in [4.69, 9.17) is 10.8 Å². The summed E-state index contributed by atoms with van der Waals surface area (Å²) in [5.74, 6) is 3.38. The van der Waals surface area contributed by atoms with Crippen molar-refractivity contribution in [2.75, 3.05) is 17.2 Å². The predicted octanol–water partition coefficient (Wildman–Crippen LogP) is 1.90. The van der Waals surface area contributed by atoms with E-state index >= 15 is 0 Å². The van der Waals surface area contributed by atoms with Gasteiger partial charge in [0.2, 0.25) is 0 Å². The lowest BCUT2D eigenvalue weighted by atomic mass is 10.0. The first kappa shape index (κ1) is 13.6. The van der Waals surface area contributed by atoms with Gasteiger partial charge in [0.15, 0.2) is 9.84 Å². The molecule has 2 heterocycles. The number of hydrogen-bond donors (Lipinski definition) is 1. The SMILES string of the molecule is CCc1c(C2C3CCCC32)nn(C2CCS(=O)(=O)C2)c1N. The number of anilines is 1. The van der Waals surface area contributed by atoms with E-state index in [0.29, 0.717) is 18.2 Å². The monoisotopic (exact) mass is 309 g/mol. The lowest BCUT2D eigenvalue weighted by Gasteiger charge is -2.10. The van der Waals surface area contributed by atoms with Gasteiger partial charge in [0.05, 0.1) is 23.2 Å². The van der Waals surface area contributed by atoms with E-state index in [1.807, 2.05) is 4.68 Å². The fourth-order valence-corrected chi connectivity index (χ4v) is 6.30. The first-order valence-electron chi connectivity index (χ1n) is 8.09. The minimum absolute atomic E-state index is 0.0624. The van der Waals surface area contributed by atoms with E-state index in [0.717, 1.165) is 18.3 Å². The van der Waals surface area contributed by atoms with Crippen LogP contribution in [-0.4, -0.2) is 29.7 Å². The summed E-state index contributed by atoms with van der Waals surface area (Å²) in [6.07, 6.45) is 5.53. The van der Waals surface area contributed by atoms with Gasteiger partial charge in [-0.25, -0.2) is 13.1 Å². The van der Waals surface area contributed by atoms with Crippen LogP contribution in [0.1, 0.15) is 55.8 Å². The van der Waals surface area contributed by atoms with Crippen molar-refractivity contribution in [3.8, 4) is 0 Å². The molecule has 5 nitrogen and oxygen atoms in total. The molecule has 0 spiro atoms. The molecule has 0 aromatic carbocycles. The maximum atomic E-state index is 11.7. The van der Waals surface area contributed by atoms with Gasteiger partial charge in [-0.15, -0.1) is 0 Å². The molecule has 1 aliphatic heterocycles. The number of fused-ring (bicyclic) bond motifs is 1. The van der Waals surface area contributed by atoms with Crippen molar-refractivity contribution in [1.29, 1.82) is 0 Å². The third kappa shape index (κ3) is 2.02. The Kier molecular flexibility index (Phi) is 2.90. The Hall–Kier alpha value is -1.04. The van der Waals surface area contributed by atoms with Gasteiger partial charge < -0.3 is 5.73 Å². The molecule has 3 aliphatic rings. The summed E-state index contributed by atoms with van der Waals surface area (Å²) in [6, 6.07) is -0.0624. The lowest BCUT2D eigenvalue weighted by molar-refractivity contribution is 0.498. The van der Waals surface area contributed by atoms with E-state index in [2.05, 4.69) is 6.92 Å². The second-order valence-electron chi connectivity index (χ2n) is 6.89. The van der Waals surface area contributed by atoms with Crippen LogP contribution in [-0.2, 0) is 16.3 Å². The molecule has 2 saturated carbocycles. The molecule has 116 valence electrons. The smallest absolute Gasteiger partial charge is 0.152 e. The van der Waals surface area contributed by atoms with Crippen molar-refractivity contribution >= 4 is 15.7 Å². The van der Waals surface area contributed by atoms with Gasteiger partial charge >= 0.3 is 0 Å². The molecule has 3 unspecified atom stereocenters. The normalized spacial score (nSPS) is 36.8. The number of rotatable bonds is 3. The molecule has 3 atom stereocenters. The molecular weight excluding hydrogens is 286 g/mol. The highest BCUT2D eigenvalue weighted by molar-refractivity contribution is 7.91. The summed E-state index contributed by atoms with van der Waals surface area (Å²) < 4.78 is 25.2. The topological polar surface area (TPSA) is 78.0 Å². The van der Waals surface area contributed by atoms with E-state index in [-0.39, 0.29) is 17.5 Å². The highest BCUT2D eigenvalue weighted by atomic mass is 32.2. The van der Waals surface area contributed by atoms with Crippen molar-refractivity contribution in [3.63, 3.8) is 0 Å². The van der Waals surface area contributed by atoms with Crippen LogP contribution in [0, 0.1) is 11.8 Å². The fourth-order valence-electron chi connectivity index (χ4n) is 4.60. The average Bonchev–Trinajstić information content (AvgIpc) is 2.83. The number of sulfone groups is 1. The zero-order valence-corrected chi connectivity index (χ0v) is 13.3. The number of hydrogen-bond acceptors (Lipinski definition) is 4. The minimum atomic E-state index is -2.91. The van der Waals surface area contributed by atoms with Gasteiger partial charge in [-0.3, -0.25) is 0 Å². The van der Waals surface area contributed by atoms with Gasteiger partial charge in [-0.05, 0) is 37.5 Å². The zero-order valence-electron chi connectivity index (χ0n) is 12.5. The second-order valence-corrected chi connectivity index (χ2v) is 9.12. The van der Waals surface area contributed by atoms with Crippen LogP contribution >= 0.6 is 0 Å². The van der Waals surface area contributed by atoms with Crippen molar-refractivity contribution in [1.82, 2.24) is 9.78 Å². The van der Waals surface area contributed by atoms with E-state index < -0.39 is 9.84 Å². The van der Waals surface area contributed by atoms with Crippen LogP contribution in [0.15, 0.2) is 0 Å². The molecule has 1 aromatic rings. The molecule has 2 N–H and O–H groups in total. The van der Waals surface area contributed by atoms with Gasteiger partial charge in [-0.1, -0.05) is 13.3 Å². The van der Waals surface area contributed by atoms with Crippen LogP contribution in [0.3, 0.4) is 0 Å². The highest BCUT2D eigenvalue weighted by Gasteiger charge is 2.55. The molecule has 4 rings (SSSR count). The Bertz CT molecular complexity index is 669. The minimum Gasteiger partial charge on any atom is -0.384 e. The third-order valence-corrected chi connectivity index (χ3v) is 7.46. The summed E-state index contributed by atoms with van der Waals surface area (Å²) in [5.41, 5.74) is 8.65. The Morgan fingerprint density at radius 2 is 2.00 bits per heavy atom. The maximum Gasteiger partial charge on any atom is 0.152 e. The first-order valence-corrected chi connectivity index (χ1v) is 9.91. The summed E-state index contributed by atoms with van der Waals surface area (Å²) >= 11 is 0. The molecule has 21 heavy (non-hydrogen) atoms. The fraction of sp³-hybridized carbons (Fsp3) is 0.800. The van der Waals surface area contributed by atoms with E-state index in [1.165, 1.54) is 30.5 Å². The second kappa shape index (κ2) is 4.48. The molecule has 0 amide bonds. The third-order valence-electron chi connectivity index (χ3n) is 5.71. The van der Waals surface area contributed by atoms with E-state index in [9.17, 15) is 8.42 Å². The van der Waals surface area contributed by atoms with Crippen LogP contribution in [0.4, 0.5) is 5.82 Å². The molecule has 2 aliphatic carbocycles. The summed E-state index contributed by atoms with van der Waals surface area (Å²) in [6.45, 7) is 2.12. The van der Waals surface area contributed by atoms with Crippen LogP contribution < -0.4 is 5.73 Å². The standard InChI is InChI=1S/C15H23N3O2S/c1-2-10-14(13-11-4-3-5-12(11)13)17-18(15(10)16)9-6-7-21(19,20)8-9/h9,11-13H,2-8,16H2,1H3. The number of aromatic nitrogens is 2. The lowest BCUT2D eigenvalue weighted by Crippen LogP contribution is -2.15. The average molecular weight is 309 g/mol. The van der Waals surface area contributed by atoms with Crippen LogP contribution in [0.2, 0.25) is 0 Å². The van der Waals surface area contributed by atoms with Gasteiger partial charge in [0.1, 0.15) is 5.82 Å². The molecule has 1 saturated heterocycles. The molecule has 3 fully saturated rings.